The monoisotopic (exact) mass is 558 g/mol. The third-order valence-corrected chi connectivity index (χ3v) is 8.34. The van der Waals surface area contributed by atoms with Gasteiger partial charge in [-0.1, -0.05) is 48.4 Å². The van der Waals surface area contributed by atoms with Crippen molar-refractivity contribution in [2.24, 2.45) is 5.73 Å². The van der Waals surface area contributed by atoms with Crippen molar-refractivity contribution >= 4 is 29.1 Å². The lowest BCUT2D eigenvalue weighted by atomic mass is 9.94. The minimum Gasteiger partial charge on any atom is -0.395 e. The number of aromatic nitrogens is 2. The molecule has 0 radical (unpaired) electrons. The van der Waals surface area contributed by atoms with Crippen LogP contribution in [0, 0.1) is 6.92 Å². The van der Waals surface area contributed by atoms with Gasteiger partial charge in [-0.25, -0.2) is 9.97 Å². The molecule has 2 fully saturated rings. The van der Waals surface area contributed by atoms with E-state index >= 15 is 0 Å². The Hall–Kier alpha value is -2.50. The standard InChI is InChI=1S/C28H43ClN8O2/c1-3-21-18-36(27-25(29)33-24(26(31)34-27)28(39)32-12-17-38)15-16-37(21)22-9-13-35(14-10-22)23(8-11-30)20-6-4-19(2)5-7-20/h4-7,21-23,38H,3,8-18,30H2,1-2H3,(H2,31,34)(H,32,39)/t21-,23?/m0/s1. The second kappa shape index (κ2) is 13.7. The number of rotatable bonds is 10. The van der Waals surface area contributed by atoms with Crippen LogP contribution >= 0.6 is 11.6 Å². The highest BCUT2D eigenvalue weighted by Gasteiger charge is 2.35. The van der Waals surface area contributed by atoms with Crippen LogP contribution in [0.4, 0.5) is 11.6 Å². The minimum absolute atomic E-state index is 0.0202. The molecule has 1 aromatic heterocycles. The van der Waals surface area contributed by atoms with Crippen LogP contribution in [-0.2, 0) is 0 Å². The fraction of sp³-hybridized carbons (Fsp3) is 0.607. The van der Waals surface area contributed by atoms with Gasteiger partial charge in [0.25, 0.3) is 5.91 Å². The molecule has 11 heteroatoms. The molecule has 10 nitrogen and oxygen atoms in total. The molecule has 6 N–H and O–H groups in total. The molecule has 214 valence electrons. The third-order valence-electron chi connectivity index (χ3n) is 8.09. The highest BCUT2D eigenvalue weighted by Crippen LogP contribution is 2.32. The summed E-state index contributed by atoms with van der Waals surface area (Å²) in [5.74, 6) is 0.0537. The Kier molecular flexibility index (Phi) is 10.4. The Bertz CT molecular complexity index is 1090. The number of halogens is 1. The molecule has 0 aliphatic carbocycles. The molecule has 2 atom stereocenters. The molecular weight excluding hydrogens is 516 g/mol. The van der Waals surface area contributed by atoms with Crippen molar-refractivity contribution in [2.75, 3.05) is 63.1 Å². The van der Waals surface area contributed by atoms with Crippen LogP contribution in [0.25, 0.3) is 0 Å². The molecule has 39 heavy (non-hydrogen) atoms. The molecule has 1 amide bonds. The summed E-state index contributed by atoms with van der Waals surface area (Å²) in [6, 6.07) is 10.2. The molecule has 0 spiro atoms. The Balaban J connectivity index is 1.39. The maximum Gasteiger partial charge on any atom is 0.273 e. The number of piperazine rings is 1. The van der Waals surface area contributed by atoms with Crippen LogP contribution in [-0.4, -0.2) is 95.3 Å². The molecule has 2 aromatic rings. The summed E-state index contributed by atoms with van der Waals surface area (Å²) in [6.07, 6.45) is 4.25. The van der Waals surface area contributed by atoms with Crippen molar-refractivity contribution in [1.29, 1.82) is 0 Å². The number of aryl methyl sites for hydroxylation is 1. The summed E-state index contributed by atoms with van der Waals surface area (Å²) in [7, 11) is 0. The van der Waals surface area contributed by atoms with E-state index in [9.17, 15) is 4.79 Å². The van der Waals surface area contributed by atoms with E-state index in [4.69, 9.17) is 28.2 Å². The summed E-state index contributed by atoms with van der Waals surface area (Å²) < 4.78 is 0. The molecule has 2 aliphatic heterocycles. The molecule has 2 aliphatic rings. The summed E-state index contributed by atoms with van der Waals surface area (Å²) in [6.45, 7) is 9.54. The number of nitrogen functional groups attached to an aromatic ring is 1. The molecule has 2 saturated heterocycles. The number of hydrogen-bond donors (Lipinski definition) is 4. The number of aliphatic hydroxyl groups excluding tert-OH is 1. The number of carbonyl (C=O) groups is 1. The second-order valence-corrected chi connectivity index (χ2v) is 10.9. The van der Waals surface area contributed by atoms with Crippen molar-refractivity contribution < 1.29 is 9.90 Å². The first kappa shape index (κ1) is 29.5. The van der Waals surface area contributed by atoms with E-state index in [1.165, 1.54) is 11.1 Å². The normalized spacial score (nSPS) is 20.2. The summed E-state index contributed by atoms with van der Waals surface area (Å²) in [5.41, 5.74) is 14.7. The largest absolute Gasteiger partial charge is 0.395 e. The van der Waals surface area contributed by atoms with E-state index in [0.717, 1.165) is 58.4 Å². The maximum absolute atomic E-state index is 12.3. The third kappa shape index (κ3) is 6.99. The van der Waals surface area contributed by atoms with Crippen molar-refractivity contribution in [3.8, 4) is 0 Å². The van der Waals surface area contributed by atoms with Crippen LogP contribution in [0.3, 0.4) is 0 Å². The topological polar surface area (TPSA) is 137 Å². The first-order chi connectivity index (χ1) is 18.9. The van der Waals surface area contributed by atoms with E-state index in [1.807, 2.05) is 0 Å². The first-order valence-corrected chi connectivity index (χ1v) is 14.5. The lowest BCUT2D eigenvalue weighted by Crippen LogP contribution is -2.58. The Morgan fingerprint density at radius 3 is 2.54 bits per heavy atom. The van der Waals surface area contributed by atoms with Gasteiger partial charge >= 0.3 is 0 Å². The fourth-order valence-corrected chi connectivity index (χ4v) is 6.23. The van der Waals surface area contributed by atoms with Crippen molar-refractivity contribution in [3.05, 3.63) is 46.2 Å². The van der Waals surface area contributed by atoms with Crippen molar-refractivity contribution in [2.45, 2.75) is 57.7 Å². The lowest BCUT2D eigenvalue weighted by molar-refractivity contribution is 0.0475. The van der Waals surface area contributed by atoms with Crippen LogP contribution in [0.15, 0.2) is 24.3 Å². The van der Waals surface area contributed by atoms with Crippen molar-refractivity contribution in [3.63, 3.8) is 0 Å². The molecule has 4 rings (SSSR count). The Labute approximate surface area is 236 Å². The number of benzene rings is 1. The zero-order valence-corrected chi connectivity index (χ0v) is 23.9. The molecule has 0 saturated carbocycles. The lowest BCUT2D eigenvalue weighted by Gasteiger charge is -2.48. The molecule has 3 heterocycles. The number of nitrogens with one attached hydrogen (secondary N) is 1. The predicted molar refractivity (Wildman–Crippen MR) is 156 cm³/mol. The highest BCUT2D eigenvalue weighted by molar-refractivity contribution is 6.32. The van der Waals surface area contributed by atoms with Gasteiger partial charge in [0.2, 0.25) is 0 Å². The smallest absolute Gasteiger partial charge is 0.273 e. The van der Waals surface area contributed by atoms with Gasteiger partial charge in [0.15, 0.2) is 22.5 Å². The van der Waals surface area contributed by atoms with Gasteiger partial charge in [0, 0.05) is 57.4 Å². The average Bonchev–Trinajstić information content (AvgIpc) is 2.96. The van der Waals surface area contributed by atoms with Gasteiger partial charge in [0.1, 0.15) is 0 Å². The number of piperidine rings is 1. The highest BCUT2D eigenvalue weighted by atomic mass is 35.5. The number of likely N-dealkylation sites (tertiary alicyclic amines) is 1. The number of aliphatic hydroxyl groups is 1. The Morgan fingerprint density at radius 1 is 1.18 bits per heavy atom. The van der Waals surface area contributed by atoms with E-state index < -0.39 is 5.91 Å². The molecule has 1 unspecified atom stereocenters. The predicted octanol–water partition coefficient (Wildman–Crippen LogP) is 2.20. The van der Waals surface area contributed by atoms with E-state index in [-0.39, 0.29) is 29.8 Å². The fourth-order valence-electron chi connectivity index (χ4n) is 5.98. The second-order valence-electron chi connectivity index (χ2n) is 10.6. The molecule has 1 aromatic carbocycles. The van der Waals surface area contributed by atoms with Gasteiger partial charge in [0.05, 0.1) is 6.61 Å². The van der Waals surface area contributed by atoms with Gasteiger partial charge in [-0.15, -0.1) is 0 Å². The first-order valence-electron chi connectivity index (χ1n) is 14.1. The number of amides is 1. The zero-order chi connectivity index (χ0) is 27.9. The number of anilines is 2. The van der Waals surface area contributed by atoms with Crippen LogP contribution in [0.2, 0.25) is 5.15 Å². The summed E-state index contributed by atoms with van der Waals surface area (Å²) >= 11 is 6.49. The number of nitrogens with zero attached hydrogens (tertiary/aromatic N) is 5. The van der Waals surface area contributed by atoms with Crippen LogP contribution < -0.4 is 21.7 Å². The number of nitrogens with two attached hydrogens (primary N) is 2. The summed E-state index contributed by atoms with van der Waals surface area (Å²) in [4.78, 5) is 28.4. The minimum atomic E-state index is -0.499. The number of carbonyl (C=O) groups excluding carboxylic acids is 1. The zero-order valence-electron chi connectivity index (χ0n) is 23.2. The Morgan fingerprint density at radius 2 is 1.90 bits per heavy atom. The SMILES string of the molecule is CC[C@H]1CN(c2nc(N)c(C(=O)NCCO)nc2Cl)CCN1C1CCN(C(CCN)c2ccc(C)cc2)CC1. The van der Waals surface area contributed by atoms with Gasteiger partial charge in [-0.2, -0.15) is 0 Å². The van der Waals surface area contributed by atoms with Gasteiger partial charge in [-0.05, 0) is 44.7 Å². The van der Waals surface area contributed by atoms with Crippen LogP contribution in [0.1, 0.15) is 60.3 Å². The summed E-state index contributed by atoms with van der Waals surface area (Å²) in [5, 5.41) is 11.7. The van der Waals surface area contributed by atoms with Gasteiger partial charge in [-0.3, -0.25) is 14.6 Å². The van der Waals surface area contributed by atoms with E-state index in [1.54, 1.807) is 0 Å². The molecular formula is C28H43ClN8O2. The number of hydrogen-bond acceptors (Lipinski definition) is 9. The maximum atomic E-state index is 12.3. The molecule has 0 bridgehead atoms. The van der Waals surface area contributed by atoms with E-state index in [0.29, 0.717) is 30.5 Å². The quantitative estimate of drug-likeness (QED) is 0.346. The van der Waals surface area contributed by atoms with Gasteiger partial charge < -0.3 is 26.8 Å². The average molecular weight is 559 g/mol. The van der Waals surface area contributed by atoms with Crippen LogP contribution in [0.5, 0.6) is 0 Å². The van der Waals surface area contributed by atoms with E-state index in [2.05, 4.69) is 68.1 Å². The van der Waals surface area contributed by atoms with Crippen molar-refractivity contribution in [1.82, 2.24) is 25.1 Å².